The first kappa shape index (κ1) is 26.4. The molecule has 0 spiro atoms. The number of ether oxygens (including phenoxy) is 2. The van der Waals surface area contributed by atoms with Gasteiger partial charge in [0.05, 0.1) is 31.8 Å². The van der Waals surface area contributed by atoms with Gasteiger partial charge in [-0.15, -0.1) is 24.0 Å². The molecule has 1 aromatic carbocycles. The molecule has 0 amide bonds. The van der Waals surface area contributed by atoms with E-state index in [1.165, 1.54) is 0 Å². The number of likely N-dealkylation sites (N-methyl/N-ethyl adjacent to an activating group) is 1. The van der Waals surface area contributed by atoms with E-state index >= 15 is 0 Å². The van der Waals surface area contributed by atoms with E-state index in [1.54, 1.807) is 21.3 Å². The maximum absolute atomic E-state index is 6.10. The number of halogens is 2. The fourth-order valence-electron chi connectivity index (χ4n) is 3.27. The second-order valence-electron chi connectivity index (χ2n) is 7.14. The van der Waals surface area contributed by atoms with Crippen molar-refractivity contribution in [3.05, 3.63) is 46.7 Å². The van der Waals surface area contributed by atoms with Crippen molar-refractivity contribution in [2.45, 2.75) is 12.6 Å². The molecule has 0 fully saturated rings. The van der Waals surface area contributed by atoms with E-state index in [0.29, 0.717) is 13.1 Å². The Hall–Kier alpha value is -1.65. The van der Waals surface area contributed by atoms with E-state index in [0.717, 1.165) is 33.7 Å². The lowest BCUT2D eigenvalue weighted by atomic mass is 10.1. The molecule has 168 valence electrons. The van der Waals surface area contributed by atoms with Gasteiger partial charge in [-0.25, -0.2) is 0 Å². The largest absolute Gasteiger partial charge is 0.493 e. The molecule has 0 saturated heterocycles. The van der Waals surface area contributed by atoms with E-state index < -0.39 is 0 Å². The summed E-state index contributed by atoms with van der Waals surface area (Å²) >= 11 is 6.10. The Morgan fingerprint density at radius 2 is 1.83 bits per heavy atom. The second kappa shape index (κ2) is 12.3. The van der Waals surface area contributed by atoms with Crippen molar-refractivity contribution in [2.75, 3.05) is 49.0 Å². The zero-order chi connectivity index (χ0) is 21.6. The molecule has 2 aromatic rings. The number of nitrogens with one attached hydrogen (secondary N) is 1. The maximum Gasteiger partial charge on any atom is 0.193 e. The number of guanidine groups is 1. The van der Waals surface area contributed by atoms with Gasteiger partial charge >= 0.3 is 0 Å². The molecule has 0 aliphatic rings. The van der Waals surface area contributed by atoms with Gasteiger partial charge in [0.2, 0.25) is 0 Å². The first-order valence-electron chi connectivity index (χ1n) is 9.41. The van der Waals surface area contributed by atoms with Crippen molar-refractivity contribution in [1.82, 2.24) is 19.7 Å². The van der Waals surface area contributed by atoms with Gasteiger partial charge in [-0.05, 0) is 37.9 Å². The predicted octanol–water partition coefficient (Wildman–Crippen LogP) is 3.62. The van der Waals surface area contributed by atoms with Crippen LogP contribution in [0.25, 0.3) is 0 Å². The molecule has 1 atom stereocenters. The van der Waals surface area contributed by atoms with E-state index in [9.17, 15) is 0 Å². The SMILES string of the molecule is CN=C(NCC(c1ccc(OC)c(OC)c1)N(C)C)N(C)Cc1cc(Cl)cn1C.I. The van der Waals surface area contributed by atoms with Gasteiger partial charge < -0.3 is 29.2 Å². The van der Waals surface area contributed by atoms with Crippen LogP contribution in [-0.2, 0) is 13.6 Å². The summed E-state index contributed by atoms with van der Waals surface area (Å²) in [5, 5.41) is 4.22. The molecular formula is C21H33ClIN5O2. The third-order valence-electron chi connectivity index (χ3n) is 4.92. The van der Waals surface area contributed by atoms with Crippen LogP contribution in [-0.4, -0.2) is 69.3 Å². The highest BCUT2D eigenvalue weighted by Gasteiger charge is 2.18. The molecule has 0 aliphatic heterocycles. The summed E-state index contributed by atoms with van der Waals surface area (Å²) < 4.78 is 12.8. The quantitative estimate of drug-likeness (QED) is 0.310. The highest BCUT2D eigenvalue weighted by molar-refractivity contribution is 14.0. The minimum atomic E-state index is 0. The van der Waals surface area contributed by atoms with Crippen LogP contribution in [0.4, 0.5) is 0 Å². The van der Waals surface area contributed by atoms with Crippen molar-refractivity contribution >= 4 is 41.5 Å². The molecule has 2 rings (SSSR count). The van der Waals surface area contributed by atoms with Crippen LogP contribution >= 0.6 is 35.6 Å². The number of aliphatic imine (C=N–C) groups is 1. The van der Waals surface area contributed by atoms with E-state index in [1.807, 2.05) is 43.1 Å². The standard InChI is InChI=1S/C21H32ClN5O2.HI/c1-23-21(27(5)14-17-11-16(22)13-26(17)4)24-12-18(25(2)3)15-8-9-19(28-6)20(10-15)29-7;/h8-11,13,18H,12,14H2,1-7H3,(H,23,24);1H. The summed E-state index contributed by atoms with van der Waals surface area (Å²) in [4.78, 5) is 8.67. The molecule has 1 unspecified atom stereocenters. The summed E-state index contributed by atoms with van der Waals surface area (Å²) in [6.07, 6.45) is 1.90. The summed E-state index contributed by atoms with van der Waals surface area (Å²) in [5.74, 6) is 2.26. The van der Waals surface area contributed by atoms with Gasteiger partial charge in [-0.2, -0.15) is 0 Å². The Labute approximate surface area is 202 Å². The van der Waals surface area contributed by atoms with Crippen LogP contribution in [0.2, 0.25) is 5.02 Å². The summed E-state index contributed by atoms with van der Waals surface area (Å²) in [5.41, 5.74) is 2.25. The molecule has 0 bridgehead atoms. The first-order chi connectivity index (χ1) is 13.8. The zero-order valence-corrected chi connectivity index (χ0v) is 21.9. The fraction of sp³-hybridized carbons (Fsp3) is 0.476. The third kappa shape index (κ3) is 6.68. The second-order valence-corrected chi connectivity index (χ2v) is 7.58. The Bertz CT molecular complexity index is 841. The molecule has 1 N–H and O–H groups in total. The van der Waals surface area contributed by atoms with Crippen LogP contribution in [0, 0.1) is 0 Å². The highest BCUT2D eigenvalue weighted by atomic mass is 127. The number of rotatable bonds is 8. The van der Waals surface area contributed by atoms with Crippen molar-refractivity contribution in [3.63, 3.8) is 0 Å². The number of methoxy groups -OCH3 is 2. The maximum atomic E-state index is 6.10. The normalized spacial score (nSPS) is 12.4. The van der Waals surface area contributed by atoms with Crippen LogP contribution in [0.15, 0.2) is 35.5 Å². The molecule has 7 nitrogen and oxygen atoms in total. The van der Waals surface area contributed by atoms with E-state index in [4.69, 9.17) is 21.1 Å². The molecule has 1 aromatic heterocycles. The van der Waals surface area contributed by atoms with Crippen LogP contribution in [0.1, 0.15) is 17.3 Å². The monoisotopic (exact) mass is 549 g/mol. The van der Waals surface area contributed by atoms with Crippen molar-refractivity contribution in [1.29, 1.82) is 0 Å². The van der Waals surface area contributed by atoms with Crippen LogP contribution in [0.3, 0.4) is 0 Å². The summed E-state index contributed by atoms with van der Waals surface area (Å²) in [7, 11) is 13.2. The van der Waals surface area contributed by atoms with E-state index in [2.05, 4.69) is 40.3 Å². The average molecular weight is 550 g/mol. The van der Waals surface area contributed by atoms with Crippen molar-refractivity contribution in [2.24, 2.45) is 12.0 Å². The number of benzene rings is 1. The Morgan fingerprint density at radius 3 is 2.33 bits per heavy atom. The molecule has 0 aliphatic carbocycles. The highest BCUT2D eigenvalue weighted by Crippen LogP contribution is 2.31. The number of hydrogen-bond acceptors (Lipinski definition) is 4. The zero-order valence-electron chi connectivity index (χ0n) is 18.8. The summed E-state index contributed by atoms with van der Waals surface area (Å²) in [6.45, 7) is 1.39. The third-order valence-corrected chi connectivity index (χ3v) is 5.12. The lowest BCUT2D eigenvalue weighted by Crippen LogP contribution is -2.42. The predicted molar refractivity (Wildman–Crippen MR) is 135 cm³/mol. The lowest BCUT2D eigenvalue weighted by Gasteiger charge is -2.29. The molecule has 0 radical (unpaired) electrons. The van der Waals surface area contributed by atoms with Gasteiger partial charge in [-0.1, -0.05) is 17.7 Å². The van der Waals surface area contributed by atoms with Gasteiger partial charge in [0.25, 0.3) is 0 Å². The number of hydrogen-bond donors (Lipinski definition) is 1. The first-order valence-corrected chi connectivity index (χ1v) is 9.79. The Morgan fingerprint density at radius 1 is 1.17 bits per heavy atom. The van der Waals surface area contributed by atoms with Gasteiger partial charge in [0, 0.05) is 39.6 Å². The fourth-order valence-corrected chi connectivity index (χ4v) is 3.54. The van der Waals surface area contributed by atoms with Crippen LogP contribution < -0.4 is 14.8 Å². The minimum Gasteiger partial charge on any atom is -0.493 e. The van der Waals surface area contributed by atoms with E-state index in [-0.39, 0.29) is 30.0 Å². The topological polar surface area (TPSA) is 54.3 Å². The minimum absolute atomic E-state index is 0. The van der Waals surface area contributed by atoms with Crippen LogP contribution in [0.5, 0.6) is 11.5 Å². The van der Waals surface area contributed by atoms with Gasteiger partial charge in [0.15, 0.2) is 17.5 Å². The molecule has 0 saturated carbocycles. The number of nitrogens with zero attached hydrogens (tertiary/aromatic N) is 4. The Balaban J connectivity index is 0.00000450. The summed E-state index contributed by atoms with van der Waals surface area (Å²) in [6, 6.07) is 8.11. The molecule has 1 heterocycles. The smallest absolute Gasteiger partial charge is 0.193 e. The number of aromatic nitrogens is 1. The Kier molecular flexibility index (Phi) is 10.8. The number of aryl methyl sites for hydroxylation is 1. The molecule has 9 heteroatoms. The molecule has 30 heavy (non-hydrogen) atoms. The van der Waals surface area contributed by atoms with Crippen molar-refractivity contribution in [3.8, 4) is 11.5 Å². The molecular weight excluding hydrogens is 517 g/mol. The van der Waals surface area contributed by atoms with Gasteiger partial charge in [0.1, 0.15) is 0 Å². The lowest BCUT2D eigenvalue weighted by molar-refractivity contribution is 0.293. The van der Waals surface area contributed by atoms with Gasteiger partial charge in [-0.3, -0.25) is 4.99 Å². The van der Waals surface area contributed by atoms with Crippen molar-refractivity contribution < 1.29 is 9.47 Å². The average Bonchev–Trinajstić information content (AvgIpc) is 3.01.